The molecule has 1 aromatic carbocycles. The number of rotatable bonds is 8. The fourth-order valence-corrected chi connectivity index (χ4v) is 1.71. The summed E-state index contributed by atoms with van der Waals surface area (Å²) in [5.74, 6) is 0.0732. The van der Waals surface area contributed by atoms with Gasteiger partial charge in [0.2, 0.25) is 0 Å². The topological polar surface area (TPSA) is 76.1 Å². The molecule has 1 rings (SSSR count). The van der Waals surface area contributed by atoms with Crippen molar-refractivity contribution in [2.45, 2.75) is 6.42 Å². The van der Waals surface area contributed by atoms with E-state index < -0.39 is 5.97 Å². The van der Waals surface area contributed by atoms with Gasteiger partial charge in [0.05, 0.1) is 27.2 Å². The Morgan fingerprint density at radius 1 is 1.20 bits per heavy atom. The molecule has 0 bridgehead atoms. The highest BCUT2D eigenvalue weighted by Crippen LogP contribution is 2.27. The Hall–Kier alpha value is -2.08. The van der Waals surface area contributed by atoms with Crippen LogP contribution in [-0.2, 0) is 4.79 Å². The van der Waals surface area contributed by atoms with Crippen LogP contribution in [0, 0.1) is 0 Å². The maximum atomic E-state index is 12.1. The van der Waals surface area contributed by atoms with E-state index in [4.69, 9.17) is 14.6 Å². The number of carbonyl (C=O) groups is 2. The predicted molar refractivity (Wildman–Crippen MR) is 73.6 cm³/mol. The van der Waals surface area contributed by atoms with Gasteiger partial charge < -0.3 is 14.6 Å². The molecule has 0 atom stereocenters. The molecule has 1 N–H and O–H groups in total. The molecule has 0 amide bonds. The number of carboxylic acid groups (broad SMARTS) is 1. The SMILES string of the molecule is COc1ccc(C(=O)CN(C)CCC(=O)O)cc1OC. The van der Waals surface area contributed by atoms with Crippen LogP contribution in [0.2, 0.25) is 0 Å². The van der Waals surface area contributed by atoms with Gasteiger partial charge in [-0.15, -0.1) is 0 Å². The second kappa shape index (κ2) is 7.49. The van der Waals surface area contributed by atoms with Gasteiger partial charge in [-0.3, -0.25) is 14.5 Å². The summed E-state index contributed by atoms with van der Waals surface area (Å²) < 4.78 is 10.2. The fraction of sp³-hybridized carbons (Fsp3) is 0.429. The average molecular weight is 281 g/mol. The van der Waals surface area contributed by atoms with Crippen LogP contribution in [0.15, 0.2) is 18.2 Å². The van der Waals surface area contributed by atoms with Gasteiger partial charge in [-0.2, -0.15) is 0 Å². The molecule has 0 heterocycles. The van der Waals surface area contributed by atoms with Crippen molar-refractivity contribution < 1.29 is 24.2 Å². The third-order valence-electron chi connectivity index (χ3n) is 2.83. The molecule has 6 nitrogen and oxygen atoms in total. The van der Waals surface area contributed by atoms with E-state index in [1.165, 1.54) is 14.2 Å². The number of hydrogen-bond donors (Lipinski definition) is 1. The molecule has 0 spiro atoms. The van der Waals surface area contributed by atoms with Crippen molar-refractivity contribution in [3.63, 3.8) is 0 Å². The van der Waals surface area contributed by atoms with E-state index >= 15 is 0 Å². The van der Waals surface area contributed by atoms with Crippen molar-refractivity contribution in [2.24, 2.45) is 0 Å². The first kappa shape index (κ1) is 16.0. The minimum Gasteiger partial charge on any atom is -0.493 e. The summed E-state index contributed by atoms with van der Waals surface area (Å²) in [4.78, 5) is 24.2. The standard InChI is InChI=1S/C14H19NO5/c1-15(7-6-14(17)18)9-11(16)10-4-5-12(19-2)13(8-10)20-3/h4-5,8H,6-7,9H2,1-3H3,(H,17,18). The number of hydrogen-bond acceptors (Lipinski definition) is 5. The first-order valence-electron chi connectivity index (χ1n) is 6.13. The summed E-state index contributed by atoms with van der Waals surface area (Å²) in [7, 11) is 4.74. The average Bonchev–Trinajstić information content (AvgIpc) is 2.44. The lowest BCUT2D eigenvalue weighted by molar-refractivity contribution is -0.137. The van der Waals surface area contributed by atoms with E-state index in [1.54, 1.807) is 30.1 Å². The van der Waals surface area contributed by atoms with Crippen molar-refractivity contribution in [3.05, 3.63) is 23.8 Å². The van der Waals surface area contributed by atoms with Gasteiger partial charge >= 0.3 is 5.97 Å². The summed E-state index contributed by atoms with van der Waals surface area (Å²) in [5, 5.41) is 8.60. The molecule has 0 fully saturated rings. The Morgan fingerprint density at radius 2 is 1.85 bits per heavy atom. The van der Waals surface area contributed by atoms with Crippen LogP contribution in [0.4, 0.5) is 0 Å². The second-order valence-electron chi connectivity index (χ2n) is 4.37. The lowest BCUT2D eigenvalue weighted by atomic mass is 10.1. The molecule has 0 radical (unpaired) electrons. The Morgan fingerprint density at radius 3 is 2.40 bits per heavy atom. The molecule has 1 aromatic rings. The van der Waals surface area contributed by atoms with Crippen LogP contribution >= 0.6 is 0 Å². The first-order chi connectivity index (χ1) is 9.47. The maximum absolute atomic E-state index is 12.1. The highest BCUT2D eigenvalue weighted by Gasteiger charge is 2.13. The van der Waals surface area contributed by atoms with Crippen molar-refractivity contribution in [3.8, 4) is 11.5 Å². The van der Waals surface area contributed by atoms with E-state index in [-0.39, 0.29) is 18.7 Å². The summed E-state index contributed by atoms with van der Waals surface area (Å²) >= 11 is 0. The van der Waals surface area contributed by atoms with Crippen LogP contribution < -0.4 is 9.47 Å². The van der Waals surface area contributed by atoms with Gasteiger partial charge in [-0.25, -0.2) is 0 Å². The zero-order valence-corrected chi connectivity index (χ0v) is 11.9. The molecular weight excluding hydrogens is 262 g/mol. The number of ether oxygens (including phenoxy) is 2. The Kier molecular flexibility index (Phi) is 5.99. The third-order valence-corrected chi connectivity index (χ3v) is 2.83. The maximum Gasteiger partial charge on any atom is 0.304 e. The minimum absolute atomic E-state index is 0.00964. The summed E-state index contributed by atoms with van der Waals surface area (Å²) in [6.07, 6.45) is 0.00964. The van der Waals surface area contributed by atoms with Gasteiger partial charge in [0, 0.05) is 12.1 Å². The number of methoxy groups -OCH3 is 2. The van der Waals surface area contributed by atoms with E-state index in [1.807, 2.05) is 0 Å². The van der Waals surface area contributed by atoms with Crippen molar-refractivity contribution in [1.29, 1.82) is 0 Å². The molecule has 0 saturated carbocycles. The molecule has 110 valence electrons. The van der Waals surface area contributed by atoms with Crippen LogP contribution in [0.3, 0.4) is 0 Å². The fourth-order valence-electron chi connectivity index (χ4n) is 1.71. The van der Waals surface area contributed by atoms with Crippen molar-refractivity contribution in [1.82, 2.24) is 4.90 Å². The second-order valence-corrected chi connectivity index (χ2v) is 4.37. The zero-order valence-electron chi connectivity index (χ0n) is 11.9. The quantitative estimate of drug-likeness (QED) is 0.724. The lowest BCUT2D eigenvalue weighted by Gasteiger charge is -2.15. The van der Waals surface area contributed by atoms with Gasteiger partial charge in [0.15, 0.2) is 17.3 Å². The minimum atomic E-state index is -0.879. The summed E-state index contributed by atoms with van der Waals surface area (Å²) in [6.45, 7) is 0.483. The molecule has 0 aromatic heterocycles. The number of likely N-dealkylation sites (N-methyl/N-ethyl adjacent to an activating group) is 1. The number of benzene rings is 1. The number of nitrogens with zero attached hydrogens (tertiary/aromatic N) is 1. The van der Waals surface area contributed by atoms with Gasteiger partial charge in [0.1, 0.15) is 0 Å². The van der Waals surface area contributed by atoms with Crippen LogP contribution in [0.1, 0.15) is 16.8 Å². The van der Waals surface area contributed by atoms with Crippen LogP contribution in [0.25, 0.3) is 0 Å². The highest BCUT2D eigenvalue weighted by atomic mass is 16.5. The van der Waals surface area contributed by atoms with Gasteiger partial charge in [-0.05, 0) is 25.2 Å². The van der Waals surface area contributed by atoms with E-state index in [9.17, 15) is 9.59 Å². The van der Waals surface area contributed by atoms with Crippen LogP contribution in [0.5, 0.6) is 11.5 Å². The lowest BCUT2D eigenvalue weighted by Crippen LogP contribution is -2.28. The van der Waals surface area contributed by atoms with Gasteiger partial charge in [-0.1, -0.05) is 0 Å². The third kappa shape index (κ3) is 4.55. The number of ketones is 1. The molecule has 0 saturated heterocycles. The number of aliphatic carboxylic acids is 1. The Balaban J connectivity index is 2.70. The normalized spacial score (nSPS) is 10.4. The van der Waals surface area contributed by atoms with E-state index in [0.29, 0.717) is 23.6 Å². The molecule has 0 aliphatic carbocycles. The molecular formula is C14H19NO5. The zero-order chi connectivity index (χ0) is 15.1. The number of carboxylic acids is 1. The molecule has 20 heavy (non-hydrogen) atoms. The van der Waals surface area contributed by atoms with Crippen LogP contribution in [-0.4, -0.2) is 56.1 Å². The molecule has 0 unspecified atom stereocenters. The Labute approximate surface area is 117 Å². The Bertz CT molecular complexity index is 486. The monoisotopic (exact) mass is 281 g/mol. The number of carbonyl (C=O) groups excluding carboxylic acids is 1. The molecule has 0 aliphatic heterocycles. The van der Waals surface area contributed by atoms with Crippen molar-refractivity contribution >= 4 is 11.8 Å². The van der Waals surface area contributed by atoms with E-state index in [0.717, 1.165) is 0 Å². The highest BCUT2D eigenvalue weighted by molar-refractivity contribution is 5.98. The smallest absolute Gasteiger partial charge is 0.304 e. The first-order valence-corrected chi connectivity index (χ1v) is 6.13. The summed E-state index contributed by atoms with van der Waals surface area (Å²) in [5.41, 5.74) is 0.504. The number of Topliss-reactive ketones (excluding diaryl/α,β-unsaturated/α-hetero) is 1. The van der Waals surface area contributed by atoms with E-state index in [2.05, 4.69) is 0 Å². The predicted octanol–water partition coefficient (Wildman–Crippen LogP) is 1.29. The summed E-state index contributed by atoms with van der Waals surface area (Å²) in [6, 6.07) is 4.95. The molecule has 6 heteroatoms. The molecule has 0 aliphatic rings. The largest absolute Gasteiger partial charge is 0.493 e. The van der Waals surface area contributed by atoms with Gasteiger partial charge in [0.25, 0.3) is 0 Å². The van der Waals surface area contributed by atoms with Crippen molar-refractivity contribution in [2.75, 3.05) is 34.4 Å².